The minimum absolute atomic E-state index is 0.0233. The molecule has 35 heavy (non-hydrogen) atoms. The van der Waals surface area contributed by atoms with Crippen LogP contribution >= 0.6 is 11.6 Å². The lowest BCUT2D eigenvalue weighted by Crippen LogP contribution is -2.40. The monoisotopic (exact) mass is 516 g/mol. The van der Waals surface area contributed by atoms with Gasteiger partial charge in [-0.2, -0.15) is 22.0 Å². The maximum Gasteiger partial charge on any atom is 0.416 e. The minimum atomic E-state index is -4.48. The Morgan fingerprint density at radius 2 is 1.63 bits per heavy atom. The third-order valence-electron chi connectivity index (χ3n) is 5.11. The molecular formula is C24H19ClF6N2O2. The third kappa shape index (κ3) is 6.89. The van der Waals surface area contributed by atoms with Crippen molar-refractivity contribution < 1.29 is 35.9 Å². The highest BCUT2D eigenvalue weighted by molar-refractivity contribution is 6.32. The van der Waals surface area contributed by atoms with Crippen LogP contribution < -0.4 is 15.4 Å². The van der Waals surface area contributed by atoms with Gasteiger partial charge in [-0.1, -0.05) is 35.9 Å². The van der Waals surface area contributed by atoms with Gasteiger partial charge in [-0.15, -0.1) is 0 Å². The number of anilines is 1. The first kappa shape index (κ1) is 26.4. The number of hydrogen-bond acceptors (Lipinski definition) is 3. The predicted octanol–water partition coefficient (Wildman–Crippen LogP) is 6.38. The SMILES string of the molecule is NC(C(=O)N(CCc1ccc(C(F)(F)F)cc1)c1ccc(OC(F)F)c(Cl)c1)c1ccc(F)cc1. The molecule has 3 aromatic carbocycles. The van der Waals surface area contributed by atoms with Crippen LogP contribution in [0, 0.1) is 5.82 Å². The molecule has 0 fully saturated rings. The highest BCUT2D eigenvalue weighted by atomic mass is 35.5. The standard InChI is InChI=1S/C24H19ClF6N2O2/c25-19-13-18(9-10-20(19)35-23(27)28)33(22(34)21(32)15-3-7-17(26)8-4-15)12-11-14-1-5-16(6-2-14)24(29,30)31/h1-10,13,21,23H,11-12,32H2. The second-order valence-corrected chi connectivity index (χ2v) is 7.86. The maximum absolute atomic E-state index is 13.3. The average Bonchev–Trinajstić information content (AvgIpc) is 2.80. The smallest absolute Gasteiger partial charge is 0.416 e. The fourth-order valence-electron chi connectivity index (χ4n) is 3.30. The molecule has 0 bridgehead atoms. The Bertz CT molecular complexity index is 1150. The van der Waals surface area contributed by atoms with E-state index < -0.39 is 36.1 Å². The number of carbonyl (C=O) groups excluding carboxylic acids is 1. The van der Waals surface area contributed by atoms with Gasteiger partial charge in [0, 0.05) is 12.2 Å². The van der Waals surface area contributed by atoms with E-state index >= 15 is 0 Å². The summed E-state index contributed by atoms with van der Waals surface area (Å²) in [7, 11) is 0. The van der Waals surface area contributed by atoms with E-state index in [1.165, 1.54) is 41.3 Å². The van der Waals surface area contributed by atoms with Crippen LogP contribution in [0.2, 0.25) is 5.02 Å². The van der Waals surface area contributed by atoms with Gasteiger partial charge in [0.05, 0.1) is 10.6 Å². The zero-order valence-electron chi connectivity index (χ0n) is 17.9. The van der Waals surface area contributed by atoms with Gasteiger partial charge in [0.25, 0.3) is 0 Å². The van der Waals surface area contributed by atoms with Gasteiger partial charge in [-0.25, -0.2) is 4.39 Å². The Kier molecular flexibility index (Phi) is 8.29. The number of benzene rings is 3. The molecule has 0 saturated carbocycles. The molecule has 3 rings (SSSR count). The van der Waals surface area contributed by atoms with E-state index in [0.29, 0.717) is 11.1 Å². The maximum atomic E-state index is 13.3. The first-order chi connectivity index (χ1) is 16.5. The molecule has 1 amide bonds. The summed E-state index contributed by atoms with van der Waals surface area (Å²) in [6.07, 6.45) is -4.34. The Hall–Kier alpha value is -3.24. The molecule has 11 heteroatoms. The largest absolute Gasteiger partial charge is 0.433 e. The van der Waals surface area contributed by atoms with Crippen molar-refractivity contribution >= 4 is 23.2 Å². The molecule has 2 N–H and O–H groups in total. The van der Waals surface area contributed by atoms with Crippen LogP contribution in [-0.2, 0) is 17.4 Å². The summed E-state index contributed by atoms with van der Waals surface area (Å²) in [6.45, 7) is -3.13. The van der Waals surface area contributed by atoms with Gasteiger partial charge in [0.1, 0.15) is 17.6 Å². The zero-order chi connectivity index (χ0) is 25.8. The van der Waals surface area contributed by atoms with Crippen molar-refractivity contribution in [2.24, 2.45) is 5.73 Å². The zero-order valence-corrected chi connectivity index (χ0v) is 18.7. The van der Waals surface area contributed by atoms with E-state index in [1.54, 1.807) is 0 Å². The number of hydrogen-bond donors (Lipinski definition) is 1. The fourth-order valence-corrected chi connectivity index (χ4v) is 3.52. The number of carbonyl (C=O) groups is 1. The van der Waals surface area contributed by atoms with Gasteiger partial charge in [-0.05, 0) is 60.0 Å². The Morgan fingerprint density at radius 3 is 2.17 bits per heavy atom. The molecule has 4 nitrogen and oxygen atoms in total. The quantitative estimate of drug-likeness (QED) is 0.354. The van der Waals surface area contributed by atoms with E-state index in [0.717, 1.165) is 30.3 Å². The Morgan fingerprint density at radius 1 is 1.00 bits per heavy atom. The van der Waals surface area contributed by atoms with E-state index in [2.05, 4.69) is 4.74 Å². The minimum Gasteiger partial charge on any atom is -0.433 e. The van der Waals surface area contributed by atoms with E-state index in [9.17, 15) is 31.1 Å². The third-order valence-corrected chi connectivity index (χ3v) is 5.41. The van der Waals surface area contributed by atoms with Crippen molar-refractivity contribution in [3.05, 3.63) is 94.3 Å². The molecule has 0 heterocycles. The van der Waals surface area contributed by atoms with E-state index in [4.69, 9.17) is 17.3 Å². The normalized spacial score (nSPS) is 12.5. The van der Waals surface area contributed by atoms with Crippen molar-refractivity contribution in [3.8, 4) is 5.75 Å². The number of halogens is 7. The van der Waals surface area contributed by atoms with Gasteiger partial charge in [0.15, 0.2) is 0 Å². The van der Waals surface area contributed by atoms with Crippen LogP contribution in [0.15, 0.2) is 66.7 Å². The second-order valence-electron chi connectivity index (χ2n) is 7.46. The molecule has 0 aromatic heterocycles. The average molecular weight is 517 g/mol. The van der Waals surface area contributed by atoms with Gasteiger partial charge < -0.3 is 15.4 Å². The molecule has 0 saturated heterocycles. The van der Waals surface area contributed by atoms with Crippen molar-refractivity contribution in [2.45, 2.75) is 25.3 Å². The number of ether oxygens (including phenoxy) is 1. The van der Waals surface area contributed by atoms with Gasteiger partial charge >= 0.3 is 12.8 Å². The summed E-state index contributed by atoms with van der Waals surface area (Å²) in [6, 6.07) is 11.9. The van der Waals surface area contributed by atoms with Crippen LogP contribution in [0.5, 0.6) is 5.75 Å². The van der Waals surface area contributed by atoms with Crippen LogP contribution in [0.4, 0.5) is 32.0 Å². The molecule has 0 spiro atoms. The molecule has 0 aliphatic carbocycles. The van der Waals surface area contributed by atoms with Crippen molar-refractivity contribution in [1.82, 2.24) is 0 Å². The van der Waals surface area contributed by atoms with Crippen molar-refractivity contribution in [3.63, 3.8) is 0 Å². The molecule has 3 aromatic rings. The van der Waals surface area contributed by atoms with Crippen LogP contribution in [-0.4, -0.2) is 19.1 Å². The molecule has 0 aliphatic heterocycles. The Labute approximate surface area is 201 Å². The number of rotatable bonds is 8. The van der Waals surface area contributed by atoms with Crippen LogP contribution in [0.3, 0.4) is 0 Å². The molecule has 186 valence electrons. The van der Waals surface area contributed by atoms with Crippen molar-refractivity contribution in [2.75, 3.05) is 11.4 Å². The predicted molar refractivity (Wildman–Crippen MR) is 119 cm³/mol. The lowest BCUT2D eigenvalue weighted by atomic mass is 10.0. The molecular weight excluding hydrogens is 498 g/mol. The summed E-state index contributed by atoms with van der Waals surface area (Å²) in [5, 5.41) is -0.189. The summed E-state index contributed by atoms with van der Waals surface area (Å²) in [5.74, 6) is -1.44. The first-order valence-corrected chi connectivity index (χ1v) is 10.6. The molecule has 0 aliphatic rings. The summed E-state index contributed by atoms with van der Waals surface area (Å²) in [5.41, 5.74) is 6.32. The molecule has 0 radical (unpaired) electrons. The summed E-state index contributed by atoms with van der Waals surface area (Å²) < 4.78 is 81.2. The summed E-state index contributed by atoms with van der Waals surface area (Å²) in [4.78, 5) is 14.5. The van der Waals surface area contributed by atoms with Crippen LogP contribution in [0.25, 0.3) is 0 Å². The number of alkyl halides is 5. The Balaban J connectivity index is 1.88. The highest BCUT2D eigenvalue weighted by Crippen LogP contribution is 2.32. The second kappa shape index (κ2) is 11.0. The highest BCUT2D eigenvalue weighted by Gasteiger charge is 2.30. The van der Waals surface area contributed by atoms with E-state index in [1.807, 2.05) is 0 Å². The van der Waals surface area contributed by atoms with Crippen LogP contribution in [0.1, 0.15) is 22.7 Å². The molecule has 1 unspecified atom stereocenters. The van der Waals surface area contributed by atoms with E-state index in [-0.39, 0.29) is 29.4 Å². The number of nitrogens with zero attached hydrogens (tertiary/aromatic N) is 1. The molecule has 1 atom stereocenters. The van der Waals surface area contributed by atoms with Gasteiger partial charge in [0.2, 0.25) is 5.91 Å². The lowest BCUT2D eigenvalue weighted by Gasteiger charge is -2.27. The fraction of sp³-hybridized carbons (Fsp3) is 0.208. The topological polar surface area (TPSA) is 55.6 Å². The summed E-state index contributed by atoms with van der Waals surface area (Å²) >= 11 is 6.04. The number of amides is 1. The first-order valence-electron chi connectivity index (χ1n) is 10.2. The van der Waals surface area contributed by atoms with Gasteiger partial charge in [-0.3, -0.25) is 4.79 Å². The lowest BCUT2D eigenvalue weighted by molar-refractivity contribution is -0.137. The van der Waals surface area contributed by atoms with Crippen molar-refractivity contribution in [1.29, 1.82) is 0 Å². The number of nitrogens with two attached hydrogens (primary N) is 1.